The molecule has 4 N–H and O–H groups in total. The molecule has 3 aliphatic heterocycles. The van der Waals surface area contributed by atoms with Gasteiger partial charge in [0.2, 0.25) is 5.36 Å². The van der Waals surface area contributed by atoms with Gasteiger partial charge in [-0.3, -0.25) is 19.8 Å². The Hall–Kier alpha value is -5.22. The minimum Gasteiger partial charge on any atom is -0.744 e. The van der Waals surface area contributed by atoms with E-state index in [1.54, 1.807) is 0 Å². The molecule has 21 heteroatoms. The number of piperidine rings is 1. The number of imide groups is 1. The number of anilines is 1. The lowest BCUT2D eigenvalue weighted by atomic mass is 9.89. The highest BCUT2D eigenvalue weighted by atomic mass is 32.2. The molecule has 18 nitrogen and oxygen atoms in total. The van der Waals surface area contributed by atoms with Gasteiger partial charge in [-0.15, -0.1) is 5.06 Å². The van der Waals surface area contributed by atoms with Crippen molar-refractivity contribution in [2.75, 3.05) is 25.1 Å². The quantitative estimate of drug-likeness (QED) is 0.0997. The summed E-state index contributed by atoms with van der Waals surface area (Å²) in [5.74, 6) is -4.47. The topological polar surface area (TPSA) is 297 Å². The van der Waals surface area contributed by atoms with E-state index >= 15 is 0 Å². The fraction of sp³-hybridized carbons (Fsp3) is 0.258. The molecule has 2 aromatic rings. The number of fused-ring (bicyclic) bond motifs is 2. The van der Waals surface area contributed by atoms with Crippen molar-refractivity contribution in [3.05, 3.63) is 53.4 Å². The Balaban J connectivity index is 1.53. The molecule has 0 bridgehead atoms. The van der Waals surface area contributed by atoms with Gasteiger partial charge in [-0.25, -0.2) is 30.0 Å². The van der Waals surface area contributed by atoms with Crippen LogP contribution in [0.1, 0.15) is 36.0 Å². The van der Waals surface area contributed by atoms with Gasteiger partial charge in [0.1, 0.15) is 25.1 Å². The van der Waals surface area contributed by atoms with Crippen molar-refractivity contribution in [1.29, 1.82) is 0 Å². The first-order valence-corrected chi connectivity index (χ1v) is 19.9. The molecule has 0 aromatic heterocycles. The van der Waals surface area contributed by atoms with E-state index in [1.807, 2.05) is 0 Å². The molecule has 1 aliphatic carbocycles. The summed E-state index contributed by atoms with van der Waals surface area (Å²) in [6.45, 7) is -0.104. The minimum absolute atomic E-state index is 0.0433. The van der Waals surface area contributed by atoms with E-state index in [4.69, 9.17) is 20.4 Å². The standard InChI is InChI=1S/C31H28N4O14S3/c1-50(40,41)16-2-3-17(30(38)34-12-10-15(11-13-34)31(39)49-35-23(36)8-9-24(35)37)20(14-16)25-18-4-6-21(32)28(51(42,43)44)26(18)48-27-19(25)5-7-22(33)29(27)52(45,46)47/h2-7,14-15,32H,8-13,33H2,1H3,(H,42,43,44)(H,45,46,47)/p-1. The van der Waals surface area contributed by atoms with Crippen LogP contribution in [0.2, 0.25) is 0 Å². The molecule has 0 atom stereocenters. The Morgan fingerprint density at radius 1 is 0.885 bits per heavy atom. The number of nitrogens with zero attached hydrogens (tertiary/aromatic N) is 2. The number of hydrogen-bond acceptors (Lipinski definition) is 15. The number of benzene rings is 3. The molecule has 0 spiro atoms. The van der Waals surface area contributed by atoms with Crippen LogP contribution in [0.4, 0.5) is 5.69 Å². The third-order valence-corrected chi connectivity index (χ3v) is 11.7. The van der Waals surface area contributed by atoms with Gasteiger partial charge in [0.15, 0.2) is 26.1 Å². The molecular formula is C31H27N4O14S3-. The zero-order chi connectivity index (χ0) is 38.1. The van der Waals surface area contributed by atoms with Crippen LogP contribution in [-0.2, 0) is 49.3 Å². The molecule has 2 fully saturated rings. The number of carbonyl (C=O) groups excluding carboxylic acids is 4. The first-order chi connectivity index (χ1) is 24.2. The van der Waals surface area contributed by atoms with Crippen LogP contribution in [0, 0.1) is 5.92 Å². The second-order valence-electron chi connectivity index (χ2n) is 12.1. The van der Waals surface area contributed by atoms with Crippen molar-refractivity contribution in [3.8, 4) is 22.5 Å². The smallest absolute Gasteiger partial charge is 0.336 e. The van der Waals surface area contributed by atoms with Gasteiger partial charge in [0.25, 0.3) is 17.7 Å². The summed E-state index contributed by atoms with van der Waals surface area (Å²) in [7, 11) is -14.9. The summed E-state index contributed by atoms with van der Waals surface area (Å²) in [4.78, 5) is 54.6. The van der Waals surface area contributed by atoms with Crippen molar-refractivity contribution in [1.82, 2.24) is 9.96 Å². The molecule has 2 saturated heterocycles. The summed E-state index contributed by atoms with van der Waals surface area (Å²) in [6.07, 6.45) is 0.775. The highest BCUT2D eigenvalue weighted by Crippen LogP contribution is 2.46. The molecule has 52 heavy (non-hydrogen) atoms. The van der Waals surface area contributed by atoms with Gasteiger partial charge in [-0.1, -0.05) is 0 Å². The number of nitrogens with two attached hydrogens (primary N) is 2. The van der Waals surface area contributed by atoms with Crippen molar-refractivity contribution < 1.29 is 68.2 Å². The van der Waals surface area contributed by atoms with Gasteiger partial charge in [-0.05, 0) is 54.8 Å². The van der Waals surface area contributed by atoms with Gasteiger partial charge >= 0.3 is 5.97 Å². The molecule has 0 unspecified atom stereocenters. The fourth-order valence-electron chi connectivity index (χ4n) is 6.26. The number of likely N-dealkylation sites (tertiary alicyclic amines) is 1. The van der Waals surface area contributed by atoms with Crippen molar-refractivity contribution in [2.45, 2.75) is 40.4 Å². The van der Waals surface area contributed by atoms with Gasteiger partial charge in [0, 0.05) is 60.3 Å². The maximum atomic E-state index is 14.2. The van der Waals surface area contributed by atoms with Crippen molar-refractivity contribution in [2.24, 2.45) is 5.92 Å². The lowest BCUT2D eigenvalue weighted by Gasteiger charge is -2.32. The lowest BCUT2D eigenvalue weighted by molar-refractivity contribution is -0.201. The Morgan fingerprint density at radius 2 is 1.50 bits per heavy atom. The van der Waals surface area contributed by atoms with Crippen LogP contribution in [0.5, 0.6) is 0 Å². The number of amides is 3. The molecule has 2 aromatic carbocycles. The Bertz CT molecular complexity index is 2590. The first kappa shape index (κ1) is 36.6. The number of hydrogen-bond donors (Lipinski definition) is 2. The van der Waals surface area contributed by atoms with Crippen LogP contribution < -0.4 is 16.5 Å². The predicted octanol–water partition coefficient (Wildman–Crippen LogP) is -0.882. The van der Waals surface area contributed by atoms with E-state index in [1.165, 1.54) is 23.1 Å². The molecular weight excluding hydrogens is 749 g/mol. The SMILES string of the molecule is CS(=O)(=O)c1ccc(C(=O)N2CCC(C(=O)ON3C(=O)CCC3=O)CC2)c(-c2c3ccc(=[NH2+])c(S(=O)(=O)[O-])c-3oc3c(S(=O)(=O)[O-])c(N)ccc23)c1. The van der Waals surface area contributed by atoms with Gasteiger partial charge in [-0.2, -0.15) is 0 Å². The summed E-state index contributed by atoms with van der Waals surface area (Å²) in [5.41, 5.74) is 3.61. The van der Waals surface area contributed by atoms with E-state index in [0.717, 1.165) is 30.5 Å². The Kier molecular flexibility index (Phi) is 8.98. The van der Waals surface area contributed by atoms with Crippen LogP contribution in [0.25, 0.3) is 33.4 Å². The second-order valence-corrected chi connectivity index (χ2v) is 16.8. The van der Waals surface area contributed by atoms with Crippen LogP contribution in [0.15, 0.2) is 61.6 Å². The fourth-order valence-corrected chi connectivity index (χ4v) is 8.38. The normalized spacial score (nSPS) is 16.2. The third-order valence-electron chi connectivity index (χ3n) is 8.75. The first-order valence-electron chi connectivity index (χ1n) is 15.2. The summed E-state index contributed by atoms with van der Waals surface area (Å²) < 4.78 is 106. The predicted molar refractivity (Wildman–Crippen MR) is 173 cm³/mol. The zero-order valence-electron chi connectivity index (χ0n) is 26.9. The number of sulfone groups is 1. The van der Waals surface area contributed by atoms with E-state index in [0.29, 0.717) is 5.06 Å². The summed E-state index contributed by atoms with van der Waals surface area (Å²) >= 11 is 0. The summed E-state index contributed by atoms with van der Waals surface area (Å²) in [6, 6.07) is 7.86. The molecule has 0 saturated carbocycles. The monoisotopic (exact) mass is 775 g/mol. The highest BCUT2D eigenvalue weighted by Gasteiger charge is 2.37. The lowest BCUT2D eigenvalue weighted by Crippen LogP contribution is -2.47. The summed E-state index contributed by atoms with van der Waals surface area (Å²) in [5, 5.41) is 5.44. The van der Waals surface area contributed by atoms with E-state index in [-0.39, 0.29) is 71.3 Å². The van der Waals surface area contributed by atoms with E-state index in [9.17, 15) is 53.5 Å². The molecule has 6 rings (SSSR count). The maximum absolute atomic E-state index is 14.2. The highest BCUT2D eigenvalue weighted by molar-refractivity contribution is 7.90. The second kappa shape index (κ2) is 12.8. The molecule has 274 valence electrons. The molecule has 3 heterocycles. The van der Waals surface area contributed by atoms with Crippen molar-refractivity contribution in [3.63, 3.8) is 0 Å². The minimum atomic E-state index is -5.46. The van der Waals surface area contributed by atoms with Gasteiger partial charge in [0.05, 0.1) is 16.5 Å². The van der Waals surface area contributed by atoms with E-state index < -0.39 is 91.9 Å². The molecule has 0 radical (unpaired) electrons. The molecule has 3 amide bonds. The van der Waals surface area contributed by atoms with Gasteiger partial charge < -0.3 is 29.0 Å². The van der Waals surface area contributed by atoms with Crippen LogP contribution in [0.3, 0.4) is 0 Å². The third kappa shape index (κ3) is 6.51. The number of rotatable bonds is 7. The zero-order valence-corrected chi connectivity index (χ0v) is 29.3. The molecule has 4 aliphatic rings. The van der Waals surface area contributed by atoms with Crippen molar-refractivity contribution >= 4 is 70.4 Å². The average molecular weight is 776 g/mol. The Labute approximate surface area is 295 Å². The number of nitrogen functional groups attached to an aromatic ring is 1. The maximum Gasteiger partial charge on any atom is 0.336 e. The van der Waals surface area contributed by atoms with Crippen LogP contribution >= 0.6 is 0 Å². The average Bonchev–Trinajstić information content (AvgIpc) is 3.37. The largest absolute Gasteiger partial charge is 0.744 e. The Morgan fingerprint density at radius 3 is 2.08 bits per heavy atom. The number of hydroxylamine groups is 2. The van der Waals surface area contributed by atoms with E-state index in [2.05, 4.69) is 0 Å². The number of carbonyl (C=O) groups is 4. The van der Waals surface area contributed by atoms with Crippen LogP contribution in [-0.4, -0.2) is 87.4 Å².